The average Bonchev–Trinajstić information content (AvgIpc) is 2.29. The van der Waals surface area contributed by atoms with Gasteiger partial charge in [-0.1, -0.05) is 12.1 Å². The summed E-state index contributed by atoms with van der Waals surface area (Å²) in [4.78, 5) is 12.3. The molecular formula is C12H16N2O3. The number of β-amino-alcohol motifs (C(OH)–C–C–N with tert-alkyl or cyclic N) is 1. The Hall–Kier alpha value is -1.46. The molecule has 0 bridgehead atoms. The Labute approximate surface area is 99.8 Å². The maximum Gasteiger partial charge on any atom is 0.269 e. The number of piperidine rings is 1. The summed E-state index contributed by atoms with van der Waals surface area (Å²) in [6.45, 7) is 2.42. The van der Waals surface area contributed by atoms with Crippen LogP contribution in [0.3, 0.4) is 0 Å². The number of benzene rings is 1. The van der Waals surface area contributed by atoms with E-state index in [-0.39, 0.29) is 11.8 Å². The number of hydrogen-bond donors (Lipinski definition) is 1. The third-order valence-electron chi connectivity index (χ3n) is 3.03. The number of nitro benzene ring substituents is 1. The van der Waals surface area contributed by atoms with Crippen LogP contribution >= 0.6 is 0 Å². The molecule has 0 unspecified atom stereocenters. The van der Waals surface area contributed by atoms with E-state index >= 15 is 0 Å². The predicted octanol–water partition coefficient (Wildman–Crippen LogP) is 1.55. The van der Waals surface area contributed by atoms with Crippen molar-refractivity contribution in [1.29, 1.82) is 0 Å². The van der Waals surface area contributed by atoms with Crippen LogP contribution in [0.4, 0.5) is 5.69 Å². The molecule has 0 aromatic heterocycles. The number of hydrogen-bond acceptors (Lipinski definition) is 4. The second-order valence-corrected chi connectivity index (χ2v) is 4.45. The van der Waals surface area contributed by atoms with E-state index in [1.54, 1.807) is 12.1 Å². The Balaban J connectivity index is 1.96. The summed E-state index contributed by atoms with van der Waals surface area (Å²) >= 11 is 0. The first-order valence-electron chi connectivity index (χ1n) is 5.79. The largest absolute Gasteiger partial charge is 0.392 e. The number of non-ortho nitro benzene ring substituents is 1. The maximum atomic E-state index is 10.5. The molecule has 0 saturated carbocycles. The van der Waals surface area contributed by atoms with Crippen LogP contribution in [0.5, 0.6) is 0 Å². The minimum atomic E-state index is -0.394. The molecular weight excluding hydrogens is 220 g/mol. The van der Waals surface area contributed by atoms with Gasteiger partial charge in [0.25, 0.3) is 5.69 Å². The van der Waals surface area contributed by atoms with Crippen molar-refractivity contribution in [3.05, 3.63) is 39.9 Å². The minimum Gasteiger partial charge on any atom is -0.392 e. The molecule has 1 aromatic rings. The molecule has 1 atom stereocenters. The zero-order chi connectivity index (χ0) is 12.3. The first-order chi connectivity index (χ1) is 8.15. The molecule has 1 heterocycles. The van der Waals surface area contributed by atoms with E-state index in [4.69, 9.17) is 0 Å². The fourth-order valence-electron chi connectivity index (χ4n) is 2.16. The van der Waals surface area contributed by atoms with Gasteiger partial charge in [0, 0.05) is 25.2 Å². The zero-order valence-electron chi connectivity index (χ0n) is 9.58. The highest BCUT2D eigenvalue weighted by atomic mass is 16.6. The van der Waals surface area contributed by atoms with Gasteiger partial charge in [-0.3, -0.25) is 15.0 Å². The molecule has 0 spiro atoms. The van der Waals surface area contributed by atoms with E-state index in [0.717, 1.165) is 31.5 Å². The highest BCUT2D eigenvalue weighted by molar-refractivity contribution is 5.32. The molecule has 1 aliphatic rings. The average molecular weight is 236 g/mol. The lowest BCUT2D eigenvalue weighted by Gasteiger charge is -2.29. The van der Waals surface area contributed by atoms with Gasteiger partial charge in [0.1, 0.15) is 0 Å². The summed E-state index contributed by atoms with van der Waals surface area (Å²) < 4.78 is 0. The van der Waals surface area contributed by atoms with Crippen molar-refractivity contribution in [2.24, 2.45) is 0 Å². The van der Waals surface area contributed by atoms with Gasteiger partial charge in [-0.05, 0) is 24.9 Å². The molecule has 0 radical (unpaired) electrons. The van der Waals surface area contributed by atoms with Gasteiger partial charge in [0.15, 0.2) is 0 Å². The SMILES string of the molecule is O=[N+]([O-])c1ccc(CN2CCC[C@H](O)C2)cc1. The van der Waals surface area contributed by atoms with Gasteiger partial charge in [0.05, 0.1) is 11.0 Å². The van der Waals surface area contributed by atoms with Crippen molar-refractivity contribution in [1.82, 2.24) is 4.90 Å². The Morgan fingerprint density at radius 2 is 2.12 bits per heavy atom. The first kappa shape index (κ1) is 12.0. The van der Waals surface area contributed by atoms with Gasteiger partial charge in [-0.2, -0.15) is 0 Å². The monoisotopic (exact) mass is 236 g/mol. The standard InChI is InChI=1S/C12H16N2O3/c15-12-2-1-7-13(9-12)8-10-3-5-11(6-4-10)14(16)17/h3-6,12,15H,1-2,7-9H2/t12-/m0/s1. The van der Waals surface area contributed by atoms with Crippen LogP contribution in [0, 0.1) is 10.1 Å². The number of aliphatic hydroxyl groups excluding tert-OH is 1. The number of nitro groups is 1. The van der Waals surface area contributed by atoms with E-state index in [1.807, 2.05) is 0 Å². The molecule has 1 N–H and O–H groups in total. The fourth-order valence-corrected chi connectivity index (χ4v) is 2.16. The van der Waals surface area contributed by atoms with Crippen LogP contribution in [-0.4, -0.2) is 34.1 Å². The van der Waals surface area contributed by atoms with Crippen molar-refractivity contribution in [3.8, 4) is 0 Å². The number of nitrogens with zero attached hydrogens (tertiary/aromatic N) is 2. The lowest BCUT2D eigenvalue weighted by Crippen LogP contribution is -2.37. The Morgan fingerprint density at radius 1 is 1.41 bits per heavy atom. The van der Waals surface area contributed by atoms with Gasteiger partial charge in [-0.25, -0.2) is 0 Å². The van der Waals surface area contributed by atoms with Crippen LogP contribution in [0.1, 0.15) is 18.4 Å². The Morgan fingerprint density at radius 3 is 2.71 bits per heavy atom. The Bertz CT molecular complexity index is 391. The summed E-state index contributed by atoms with van der Waals surface area (Å²) in [7, 11) is 0. The summed E-state index contributed by atoms with van der Waals surface area (Å²) in [5.74, 6) is 0. The van der Waals surface area contributed by atoms with Crippen LogP contribution in [-0.2, 0) is 6.54 Å². The molecule has 1 aromatic carbocycles. The minimum absolute atomic E-state index is 0.118. The molecule has 2 rings (SSSR count). The van der Waals surface area contributed by atoms with Crippen LogP contribution in [0.15, 0.2) is 24.3 Å². The van der Waals surface area contributed by atoms with E-state index in [0.29, 0.717) is 6.54 Å². The normalized spacial score (nSPS) is 21.4. The molecule has 1 saturated heterocycles. The van der Waals surface area contributed by atoms with Crippen molar-refractivity contribution in [3.63, 3.8) is 0 Å². The van der Waals surface area contributed by atoms with Crippen molar-refractivity contribution in [2.45, 2.75) is 25.5 Å². The summed E-state index contributed by atoms with van der Waals surface area (Å²) in [6.07, 6.45) is 1.65. The van der Waals surface area contributed by atoms with E-state index in [1.165, 1.54) is 12.1 Å². The quantitative estimate of drug-likeness (QED) is 0.638. The van der Waals surface area contributed by atoms with Gasteiger partial charge in [-0.15, -0.1) is 0 Å². The molecule has 5 nitrogen and oxygen atoms in total. The molecule has 1 aliphatic heterocycles. The molecule has 5 heteroatoms. The fraction of sp³-hybridized carbons (Fsp3) is 0.500. The second-order valence-electron chi connectivity index (χ2n) is 4.45. The highest BCUT2D eigenvalue weighted by Gasteiger charge is 2.17. The van der Waals surface area contributed by atoms with E-state index in [9.17, 15) is 15.2 Å². The molecule has 17 heavy (non-hydrogen) atoms. The lowest BCUT2D eigenvalue weighted by atomic mass is 10.1. The first-order valence-corrected chi connectivity index (χ1v) is 5.79. The summed E-state index contributed by atoms with van der Waals surface area (Å²) in [5, 5.41) is 20.1. The van der Waals surface area contributed by atoms with E-state index < -0.39 is 4.92 Å². The lowest BCUT2D eigenvalue weighted by molar-refractivity contribution is -0.384. The smallest absolute Gasteiger partial charge is 0.269 e. The Kier molecular flexibility index (Phi) is 3.71. The predicted molar refractivity (Wildman–Crippen MR) is 63.6 cm³/mol. The summed E-state index contributed by atoms with van der Waals surface area (Å²) in [6, 6.07) is 6.60. The topological polar surface area (TPSA) is 66.6 Å². The van der Waals surface area contributed by atoms with Gasteiger partial charge in [0.2, 0.25) is 0 Å². The van der Waals surface area contributed by atoms with Crippen molar-refractivity contribution in [2.75, 3.05) is 13.1 Å². The third kappa shape index (κ3) is 3.25. The van der Waals surface area contributed by atoms with Gasteiger partial charge >= 0.3 is 0 Å². The van der Waals surface area contributed by atoms with Crippen LogP contribution < -0.4 is 0 Å². The number of rotatable bonds is 3. The third-order valence-corrected chi connectivity index (χ3v) is 3.03. The van der Waals surface area contributed by atoms with Crippen molar-refractivity contribution < 1.29 is 10.0 Å². The maximum absolute atomic E-state index is 10.5. The number of aliphatic hydroxyl groups is 1. The summed E-state index contributed by atoms with van der Waals surface area (Å²) in [5.41, 5.74) is 1.16. The van der Waals surface area contributed by atoms with Crippen LogP contribution in [0.2, 0.25) is 0 Å². The molecule has 1 fully saturated rings. The number of likely N-dealkylation sites (tertiary alicyclic amines) is 1. The second kappa shape index (κ2) is 5.25. The van der Waals surface area contributed by atoms with Crippen LogP contribution in [0.25, 0.3) is 0 Å². The van der Waals surface area contributed by atoms with Crippen molar-refractivity contribution >= 4 is 5.69 Å². The molecule has 0 amide bonds. The molecule has 92 valence electrons. The zero-order valence-corrected chi connectivity index (χ0v) is 9.58. The molecule has 0 aliphatic carbocycles. The van der Waals surface area contributed by atoms with Gasteiger partial charge < -0.3 is 5.11 Å². The van der Waals surface area contributed by atoms with E-state index in [2.05, 4.69) is 4.90 Å². The highest BCUT2D eigenvalue weighted by Crippen LogP contribution is 2.16.